The van der Waals surface area contributed by atoms with Gasteiger partial charge < -0.3 is 16.2 Å². The average molecular weight is 431 g/mol. The van der Waals surface area contributed by atoms with Gasteiger partial charge in [-0.15, -0.1) is 0 Å². The van der Waals surface area contributed by atoms with Crippen LogP contribution in [0.2, 0.25) is 0 Å². The van der Waals surface area contributed by atoms with Crippen LogP contribution in [0.25, 0.3) is 11.1 Å². The van der Waals surface area contributed by atoms with Crippen LogP contribution in [0.15, 0.2) is 78.9 Å². The summed E-state index contributed by atoms with van der Waals surface area (Å²) in [5, 5.41) is 12.0. The van der Waals surface area contributed by atoms with Crippen molar-refractivity contribution < 1.29 is 14.7 Å². The minimum atomic E-state index is -1.04. The van der Waals surface area contributed by atoms with Crippen LogP contribution in [0.5, 0.6) is 0 Å². The maximum atomic E-state index is 12.6. The van der Waals surface area contributed by atoms with Gasteiger partial charge in [0.05, 0.1) is 0 Å². The minimum Gasteiger partial charge on any atom is -0.480 e. The molecule has 3 aromatic rings. The number of benzene rings is 3. The molecule has 0 spiro atoms. The van der Waals surface area contributed by atoms with Gasteiger partial charge in [-0.05, 0) is 47.2 Å². The number of carbonyl (C=O) groups is 2. The van der Waals surface area contributed by atoms with Gasteiger partial charge in [0.1, 0.15) is 6.04 Å². The van der Waals surface area contributed by atoms with E-state index >= 15 is 0 Å². The molecule has 0 aliphatic carbocycles. The van der Waals surface area contributed by atoms with Crippen LogP contribution in [-0.2, 0) is 11.2 Å². The van der Waals surface area contributed by atoms with E-state index in [1.807, 2.05) is 18.2 Å². The summed E-state index contributed by atoms with van der Waals surface area (Å²) in [5.74, 6) is -0.937. The second-order valence-corrected chi connectivity index (χ2v) is 8.03. The molecule has 2 atom stereocenters. The van der Waals surface area contributed by atoms with E-state index in [4.69, 9.17) is 10.8 Å². The Kier molecular flexibility index (Phi) is 8.17. The molecular formula is C27H30N2O3. The highest BCUT2D eigenvalue weighted by atomic mass is 16.4. The maximum Gasteiger partial charge on any atom is 0.320 e. The first-order valence-corrected chi connectivity index (χ1v) is 11.0. The first-order chi connectivity index (χ1) is 15.5. The molecule has 5 heteroatoms. The summed E-state index contributed by atoms with van der Waals surface area (Å²) < 4.78 is 0. The lowest BCUT2D eigenvalue weighted by Crippen LogP contribution is -2.32. The van der Waals surface area contributed by atoms with Gasteiger partial charge in [-0.1, -0.05) is 80.1 Å². The van der Waals surface area contributed by atoms with E-state index in [1.165, 1.54) is 16.7 Å². The molecule has 0 saturated heterocycles. The zero-order valence-electron chi connectivity index (χ0n) is 18.3. The molecule has 0 aliphatic heterocycles. The van der Waals surface area contributed by atoms with Crippen molar-refractivity contribution in [3.8, 4) is 11.1 Å². The van der Waals surface area contributed by atoms with Gasteiger partial charge in [0.15, 0.2) is 0 Å². The second kappa shape index (κ2) is 11.3. The Hall–Kier alpha value is -3.44. The monoisotopic (exact) mass is 430 g/mol. The Bertz CT molecular complexity index is 1020. The lowest BCUT2D eigenvalue weighted by molar-refractivity contribution is -0.138. The molecule has 0 fully saturated rings. The molecule has 3 rings (SSSR count). The van der Waals surface area contributed by atoms with E-state index in [0.29, 0.717) is 12.1 Å². The number of aliphatic carboxylic acids is 1. The number of carbonyl (C=O) groups excluding carboxylic acids is 1. The van der Waals surface area contributed by atoms with E-state index < -0.39 is 12.0 Å². The zero-order chi connectivity index (χ0) is 22.9. The molecule has 32 heavy (non-hydrogen) atoms. The van der Waals surface area contributed by atoms with Gasteiger partial charge >= 0.3 is 5.97 Å². The smallest absolute Gasteiger partial charge is 0.320 e. The summed E-state index contributed by atoms with van der Waals surface area (Å²) >= 11 is 0. The predicted molar refractivity (Wildman–Crippen MR) is 128 cm³/mol. The number of hydrogen-bond donors (Lipinski definition) is 3. The highest BCUT2D eigenvalue weighted by molar-refractivity contribution is 5.94. The van der Waals surface area contributed by atoms with Crippen molar-refractivity contribution in [3.05, 3.63) is 95.6 Å². The summed E-state index contributed by atoms with van der Waals surface area (Å²) in [7, 11) is 0. The minimum absolute atomic E-state index is 0.138. The molecule has 5 nitrogen and oxygen atoms in total. The van der Waals surface area contributed by atoms with E-state index in [0.717, 1.165) is 18.4 Å². The van der Waals surface area contributed by atoms with Crippen LogP contribution in [-0.4, -0.2) is 29.6 Å². The Balaban J connectivity index is 1.61. The van der Waals surface area contributed by atoms with Crippen molar-refractivity contribution >= 4 is 11.9 Å². The van der Waals surface area contributed by atoms with Crippen LogP contribution in [0.4, 0.5) is 0 Å². The maximum absolute atomic E-state index is 12.6. The van der Waals surface area contributed by atoms with Crippen LogP contribution in [0, 0.1) is 0 Å². The van der Waals surface area contributed by atoms with Gasteiger partial charge in [0, 0.05) is 18.0 Å². The van der Waals surface area contributed by atoms with Crippen molar-refractivity contribution in [2.24, 2.45) is 5.73 Å². The Morgan fingerprint density at radius 2 is 1.53 bits per heavy atom. The summed E-state index contributed by atoms with van der Waals surface area (Å²) in [5.41, 5.74) is 10.5. The van der Waals surface area contributed by atoms with Gasteiger partial charge in [-0.3, -0.25) is 9.59 Å². The van der Waals surface area contributed by atoms with Gasteiger partial charge in [-0.25, -0.2) is 0 Å². The normalized spacial score (nSPS) is 12.7. The third-order valence-electron chi connectivity index (χ3n) is 5.62. The fraction of sp³-hybridized carbons (Fsp3) is 0.259. The van der Waals surface area contributed by atoms with Crippen molar-refractivity contribution in [2.45, 2.75) is 38.1 Å². The molecular weight excluding hydrogens is 400 g/mol. The van der Waals surface area contributed by atoms with Crippen molar-refractivity contribution in [2.75, 3.05) is 6.54 Å². The van der Waals surface area contributed by atoms with Crippen molar-refractivity contribution in [3.63, 3.8) is 0 Å². The van der Waals surface area contributed by atoms with Crippen LogP contribution < -0.4 is 11.1 Å². The molecule has 4 N–H and O–H groups in total. The van der Waals surface area contributed by atoms with Crippen molar-refractivity contribution in [1.82, 2.24) is 5.32 Å². The van der Waals surface area contributed by atoms with Crippen LogP contribution >= 0.6 is 0 Å². The number of amides is 1. The molecule has 0 saturated carbocycles. The lowest BCUT2D eigenvalue weighted by atomic mass is 9.92. The van der Waals surface area contributed by atoms with E-state index in [2.05, 4.69) is 48.6 Å². The van der Waals surface area contributed by atoms with Crippen LogP contribution in [0.1, 0.15) is 47.2 Å². The van der Waals surface area contributed by atoms with Gasteiger partial charge in [0.2, 0.25) is 0 Å². The summed E-state index contributed by atoms with van der Waals surface area (Å²) in [6.45, 7) is 2.71. The number of nitrogens with two attached hydrogens (primary N) is 1. The molecule has 3 aromatic carbocycles. The number of nitrogens with one attached hydrogen (secondary N) is 1. The molecule has 0 aromatic heterocycles. The summed E-state index contributed by atoms with van der Waals surface area (Å²) in [6, 6.07) is 24.8. The highest BCUT2D eigenvalue weighted by Gasteiger charge is 2.15. The molecule has 1 unspecified atom stereocenters. The van der Waals surface area contributed by atoms with E-state index in [1.54, 1.807) is 24.3 Å². The fourth-order valence-corrected chi connectivity index (χ4v) is 3.76. The number of carboxylic acids is 1. The third-order valence-corrected chi connectivity index (χ3v) is 5.62. The highest BCUT2D eigenvalue weighted by Crippen LogP contribution is 2.25. The SMILES string of the molecule is CCCC(CNC(=O)c1ccc(C[C@H](N)C(=O)O)cc1)c1ccc(-c2ccccc2)cc1. The predicted octanol–water partition coefficient (Wildman–Crippen LogP) is 4.62. The first kappa shape index (κ1) is 23.2. The Labute approximate surface area is 189 Å². The molecule has 0 bridgehead atoms. The number of carboxylic acid groups (broad SMARTS) is 1. The zero-order valence-corrected chi connectivity index (χ0v) is 18.3. The third kappa shape index (κ3) is 6.28. The van der Waals surface area contributed by atoms with E-state index in [-0.39, 0.29) is 18.2 Å². The molecule has 0 heterocycles. The molecule has 1 amide bonds. The molecule has 0 aliphatic rings. The lowest BCUT2D eigenvalue weighted by Gasteiger charge is -2.18. The number of rotatable bonds is 10. The quantitative estimate of drug-likeness (QED) is 0.437. The Morgan fingerprint density at radius 1 is 0.906 bits per heavy atom. The van der Waals surface area contributed by atoms with E-state index in [9.17, 15) is 9.59 Å². The van der Waals surface area contributed by atoms with Gasteiger partial charge in [0.25, 0.3) is 5.91 Å². The standard InChI is InChI=1S/C27H30N2O3/c1-2-6-24(22-15-13-21(14-16-22)20-7-4-3-5-8-20)18-29-26(30)23-11-9-19(10-12-23)17-25(28)27(31)32/h3-5,7-16,24-25H,2,6,17-18,28H2,1H3,(H,29,30)(H,31,32)/t24?,25-/m0/s1. The topological polar surface area (TPSA) is 92.4 Å². The Morgan fingerprint density at radius 3 is 2.12 bits per heavy atom. The summed E-state index contributed by atoms with van der Waals surface area (Å²) in [6.07, 6.45) is 2.24. The molecule has 0 radical (unpaired) electrons. The fourth-order valence-electron chi connectivity index (χ4n) is 3.76. The number of hydrogen-bond acceptors (Lipinski definition) is 3. The first-order valence-electron chi connectivity index (χ1n) is 11.0. The largest absolute Gasteiger partial charge is 0.480 e. The van der Waals surface area contributed by atoms with Crippen molar-refractivity contribution in [1.29, 1.82) is 0 Å². The second-order valence-electron chi connectivity index (χ2n) is 8.03. The average Bonchev–Trinajstić information content (AvgIpc) is 2.82. The molecule has 166 valence electrons. The van der Waals surface area contributed by atoms with Gasteiger partial charge in [-0.2, -0.15) is 0 Å². The summed E-state index contributed by atoms with van der Waals surface area (Å²) in [4.78, 5) is 23.5. The van der Waals surface area contributed by atoms with Crippen LogP contribution in [0.3, 0.4) is 0 Å².